The number of rotatable bonds is 2. The van der Waals surface area contributed by atoms with Crippen molar-refractivity contribution in [2.45, 2.75) is 5.16 Å². The van der Waals surface area contributed by atoms with E-state index >= 15 is 0 Å². The van der Waals surface area contributed by atoms with Crippen molar-refractivity contribution in [1.82, 2.24) is 24.6 Å². The quantitative estimate of drug-likeness (QED) is 0.678. The zero-order valence-electron chi connectivity index (χ0n) is 8.86. The Hall–Kier alpha value is -2.09. The number of fused-ring (bicyclic) bond motifs is 1. The van der Waals surface area contributed by atoms with Gasteiger partial charge in [0.25, 0.3) is 5.78 Å². The Labute approximate surface area is 100 Å². The van der Waals surface area contributed by atoms with Crippen molar-refractivity contribution in [3.05, 3.63) is 18.6 Å². The summed E-state index contributed by atoms with van der Waals surface area (Å²) in [5.41, 5.74) is 6.55. The number of furan rings is 1. The lowest BCUT2D eigenvalue weighted by Gasteiger charge is -1.97. The zero-order valence-corrected chi connectivity index (χ0v) is 9.68. The van der Waals surface area contributed by atoms with Crippen LogP contribution >= 0.6 is 11.8 Å². The smallest absolute Gasteiger partial charge is 0.258 e. The van der Waals surface area contributed by atoms with Gasteiger partial charge in [-0.15, -0.1) is 5.10 Å². The Morgan fingerprint density at radius 1 is 1.35 bits per heavy atom. The van der Waals surface area contributed by atoms with Crippen LogP contribution in [0.1, 0.15) is 0 Å². The first kappa shape index (κ1) is 10.1. The molecule has 0 saturated heterocycles. The minimum atomic E-state index is 0.265. The van der Waals surface area contributed by atoms with Crippen LogP contribution < -0.4 is 5.73 Å². The molecule has 86 valence electrons. The second-order valence-corrected chi connectivity index (χ2v) is 4.00. The highest BCUT2D eigenvalue weighted by atomic mass is 32.2. The van der Waals surface area contributed by atoms with Crippen LogP contribution in [-0.2, 0) is 0 Å². The number of aromatic nitrogens is 5. The number of thioether (sulfide) groups is 1. The number of anilines is 1. The van der Waals surface area contributed by atoms with Gasteiger partial charge in [-0.1, -0.05) is 11.8 Å². The fraction of sp³-hybridized carbons (Fsp3) is 0.111. The van der Waals surface area contributed by atoms with Gasteiger partial charge in [0.05, 0.1) is 11.8 Å². The van der Waals surface area contributed by atoms with E-state index in [1.165, 1.54) is 16.3 Å². The molecule has 0 aliphatic rings. The van der Waals surface area contributed by atoms with Crippen LogP contribution in [0.15, 0.2) is 28.2 Å². The van der Waals surface area contributed by atoms with Gasteiger partial charge in [0, 0.05) is 0 Å². The Morgan fingerprint density at radius 3 is 2.94 bits per heavy atom. The average molecular weight is 248 g/mol. The van der Waals surface area contributed by atoms with Crippen LogP contribution in [0.25, 0.3) is 17.2 Å². The molecular weight excluding hydrogens is 240 g/mol. The Kier molecular flexibility index (Phi) is 2.22. The van der Waals surface area contributed by atoms with E-state index in [1.807, 2.05) is 6.26 Å². The van der Waals surface area contributed by atoms with Gasteiger partial charge in [-0.05, 0) is 12.3 Å². The number of hydrogen-bond donors (Lipinski definition) is 1. The second kappa shape index (κ2) is 3.74. The van der Waals surface area contributed by atoms with Crippen LogP contribution in [0.2, 0.25) is 0 Å². The molecule has 0 saturated carbocycles. The highest BCUT2D eigenvalue weighted by Gasteiger charge is 2.12. The third kappa shape index (κ3) is 1.62. The normalized spacial score (nSPS) is 11.1. The summed E-state index contributed by atoms with van der Waals surface area (Å²) >= 11 is 1.40. The van der Waals surface area contributed by atoms with Gasteiger partial charge >= 0.3 is 0 Å². The van der Waals surface area contributed by atoms with Crippen molar-refractivity contribution >= 4 is 23.5 Å². The molecule has 3 aromatic rings. The minimum Gasteiger partial charge on any atom is -0.472 e. The van der Waals surface area contributed by atoms with Crippen LogP contribution in [0.5, 0.6) is 0 Å². The highest BCUT2D eigenvalue weighted by Crippen LogP contribution is 2.18. The van der Waals surface area contributed by atoms with E-state index in [1.54, 1.807) is 18.6 Å². The van der Waals surface area contributed by atoms with Crippen molar-refractivity contribution in [3.8, 4) is 11.4 Å². The first-order valence-electron chi connectivity index (χ1n) is 4.75. The molecule has 0 aliphatic carbocycles. The monoisotopic (exact) mass is 248 g/mol. The second-order valence-electron chi connectivity index (χ2n) is 3.23. The lowest BCUT2D eigenvalue weighted by Crippen LogP contribution is -2.04. The van der Waals surface area contributed by atoms with E-state index in [0.717, 1.165) is 5.56 Å². The number of nitrogens with zero attached hydrogens (tertiary/aromatic N) is 5. The highest BCUT2D eigenvalue weighted by molar-refractivity contribution is 7.98. The molecule has 0 amide bonds. The molecule has 3 rings (SSSR count). The van der Waals surface area contributed by atoms with E-state index in [2.05, 4.69) is 20.1 Å². The number of nitrogens with two attached hydrogens (primary N) is 1. The molecule has 0 atom stereocenters. The van der Waals surface area contributed by atoms with Crippen molar-refractivity contribution in [3.63, 3.8) is 0 Å². The molecule has 0 aromatic carbocycles. The standard InChI is InChI=1S/C9H8N6OS/c1-17-9-12-7(10)15-8(13-9)11-6(14-15)5-2-3-16-4-5/h2-4H,1H3,(H2,10,11,12,13,14). The van der Waals surface area contributed by atoms with Crippen molar-refractivity contribution < 1.29 is 4.42 Å². The molecule has 0 bridgehead atoms. The van der Waals surface area contributed by atoms with E-state index < -0.39 is 0 Å². The lowest BCUT2D eigenvalue weighted by atomic mass is 10.3. The summed E-state index contributed by atoms with van der Waals surface area (Å²) in [7, 11) is 0. The maximum Gasteiger partial charge on any atom is 0.258 e. The Balaban J connectivity index is 2.22. The molecule has 0 aliphatic heterocycles. The molecule has 2 N–H and O–H groups in total. The van der Waals surface area contributed by atoms with Gasteiger partial charge < -0.3 is 10.2 Å². The van der Waals surface area contributed by atoms with E-state index in [-0.39, 0.29) is 5.95 Å². The first-order valence-corrected chi connectivity index (χ1v) is 5.97. The number of hydrogen-bond acceptors (Lipinski definition) is 7. The third-order valence-corrected chi connectivity index (χ3v) is 2.72. The maximum absolute atomic E-state index is 5.77. The molecule has 3 aromatic heterocycles. The molecule has 0 spiro atoms. The molecule has 0 radical (unpaired) electrons. The average Bonchev–Trinajstić information content (AvgIpc) is 2.96. The predicted molar refractivity (Wildman–Crippen MR) is 62.5 cm³/mol. The van der Waals surface area contributed by atoms with Gasteiger partial charge in [-0.3, -0.25) is 0 Å². The van der Waals surface area contributed by atoms with E-state index in [9.17, 15) is 0 Å². The van der Waals surface area contributed by atoms with Gasteiger partial charge in [0.1, 0.15) is 6.26 Å². The summed E-state index contributed by atoms with van der Waals surface area (Å²) in [5, 5.41) is 4.79. The summed E-state index contributed by atoms with van der Waals surface area (Å²) in [4.78, 5) is 12.6. The fourth-order valence-corrected chi connectivity index (χ4v) is 1.75. The Morgan fingerprint density at radius 2 is 2.24 bits per heavy atom. The first-order chi connectivity index (χ1) is 8.28. The maximum atomic E-state index is 5.77. The molecule has 8 heteroatoms. The van der Waals surface area contributed by atoms with Crippen LogP contribution in [0, 0.1) is 0 Å². The van der Waals surface area contributed by atoms with Crippen LogP contribution in [-0.4, -0.2) is 30.8 Å². The summed E-state index contributed by atoms with van der Waals surface area (Å²) in [6.07, 6.45) is 5.00. The van der Waals surface area contributed by atoms with Gasteiger partial charge in [-0.25, -0.2) is 0 Å². The molecule has 3 heterocycles. The molecule has 0 unspecified atom stereocenters. The summed E-state index contributed by atoms with van der Waals surface area (Å²) in [5.74, 6) is 1.21. The summed E-state index contributed by atoms with van der Waals surface area (Å²) in [6, 6.07) is 1.77. The molecular formula is C9H8N6OS. The number of nitrogen functional groups attached to an aromatic ring is 1. The van der Waals surface area contributed by atoms with Crippen LogP contribution in [0.3, 0.4) is 0 Å². The SMILES string of the molecule is CSc1nc(N)n2nc(-c3ccoc3)nc2n1. The van der Waals surface area contributed by atoms with Crippen molar-refractivity contribution in [2.24, 2.45) is 0 Å². The van der Waals surface area contributed by atoms with Gasteiger partial charge in [0.2, 0.25) is 5.95 Å². The topological polar surface area (TPSA) is 95.1 Å². The van der Waals surface area contributed by atoms with E-state index in [4.69, 9.17) is 10.2 Å². The van der Waals surface area contributed by atoms with Crippen LogP contribution in [0.4, 0.5) is 5.95 Å². The van der Waals surface area contributed by atoms with Gasteiger partial charge in [-0.2, -0.15) is 19.5 Å². The molecule has 17 heavy (non-hydrogen) atoms. The third-order valence-electron chi connectivity index (χ3n) is 2.17. The lowest BCUT2D eigenvalue weighted by molar-refractivity contribution is 0.568. The zero-order chi connectivity index (χ0) is 11.8. The van der Waals surface area contributed by atoms with Crippen molar-refractivity contribution in [1.29, 1.82) is 0 Å². The summed E-state index contributed by atoms with van der Waals surface area (Å²) in [6.45, 7) is 0. The largest absolute Gasteiger partial charge is 0.472 e. The predicted octanol–water partition coefficient (Wildman–Crippen LogP) is 1.08. The minimum absolute atomic E-state index is 0.265. The molecule has 0 fully saturated rings. The van der Waals surface area contributed by atoms with Gasteiger partial charge in [0.15, 0.2) is 11.0 Å². The van der Waals surface area contributed by atoms with E-state index in [0.29, 0.717) is 16.8 Å². The summed E-state index contributed by atoms with van der Waals surface area (Å²) < 4.78 is 6.38. The Bertz CT molecular complexity index is 661. The fourth-order valence-electron chi connectivity index (χ4n) is 1.39. The van der Waals surface area contributed by atoms with Crippen molar-refractivity contribution in [2.75, 3.05) is 12.0 Å². The molecule has 7 nitrogen and oxygen atoms in total.